The second-order valence-electron chi connectivity index (χ2n) is 4.55. The number of anilines is 1. The van der Waals surface area contributed by atoms with Gasteiger partial charge in [-0.05, 0) is 17.7 Å². The summed E-state index contributed by atoms with van der Waals surface area (Å²) in [6, 6.07) is 12.8. The Morgan fingerprint density at radius 1 is 1.14 bits per heavy atom. The molecule has 1 aromatic carbocycles. The zero-order chi connectivity index (χ0) is 15.3. The Morgan fingerprint density at radius 3 is 2.38 bits per heavy atom. The van der Waals surface area contributed by atoms with Crippen molar-refractivity contribution in [3.63, 3.8) is 0 Å². The van der Waals surface area contributed by atoms with Gasteiger partial charge in [-0.15, -0.1) is 0 Å². The summed E-state index contributed by atoms with van der Waals surface area (Å²) in [7, 11) is -1.79. The second-order valence-corrected chi connectivity index (χ2v) is 6.48. The Hall–Kier alpha value is -1.92. The highest BCUT2D eigenvalue weighted by atomic mass is 32.2. The predicted octanol–water partition coefficient (Wildman–Crippen LogP) is 2.33. The average Bonchev–Trinajstić information content (AvgIpc) is 2.53. The van der Waals surface area contributed by atoms with Crippen molar-refractivity contribution < 1.29 is 8.42 Å². The molecule has 0 saturated carbocycles. The first-order chi connectivity index (χ1) is 10.1. The lowest BCUT2D eigenvalue weighted by Crippen LogP contribution is -2.30. The highest BCUT2D eigenvalue weighted by Crippen LogP contribution is 2.18. The number of hydrogen-bond acceptors (Lipinski definition) is 4. The first kappa shape index (κ1) is 15.5. The Kier molecular flexibility index (Phi) is 4.93. The molecule has 2 rings (SSSR count). The van der Waals surface area contributed by atoms with Gasteiger partial charge in [-0.2, -0.15) is 4.31 Å². The summed E-state index contributed by atoms with van der Waals surface area (Å²) in [5, 5.41) is 2.87. The molecule has 1 aromatic heterocycles. The van der Waals surface area contributed by atoms with Crippen molar-refractivity contribution in [1.82, 2.24) is 9.29 Å². The lowest BCUT2D eigenvalue weighted by molar-refractivity contribution is 0.423. The summed E-state index contributed by atoms with van der Waals surface area (Å²) in [6.07, 6.45) is 1.38. The van der Waals surface area contributed by atoms with Gasteiger partial charge in [-0.1, -0.05) is 37.3 Å². The standard InChI is InChI=1S/C15H19N3O2S/c1-3-18(12-13-7-5-4-6-8-13)21(19,20)14-9-10-15(16-2)17-11-14/h4-11H,3,12H2,1-2H3,(H,16,17). The molecule has 21 heavy (non-hydrogen) atoms. The minimum atomic E-state index is -3.53. The maximum atomic E-state index is 12.6. The number of rotatable bonds is 6. The molecule has 0 saturated heterocycles. The largest absolute Gasteiger partial charge is 0.373 e. The average molecular weight is 305 g/mol. The highest BCUT2D eigenvalue weighted by Gasteiger charge is 2.23. The van der Waals surface area contributed by atoms with E-state index >= 15 is 0 Å². The third kappa shape index (κ3) is 3.59. The number of aromatic nitrogens is 1. The van der Waals surface area contributed by atoms with Crippen molar-refractivity contribution in [2.75, 3.05) is 18.9 Å². The van der Waals surface area contributed by atoms with E-state index in [2.05, 4.69) is 10.3 Å². The molecule has 0 aliphatic rings. The maximum absolute atomic E-state index is 12.6. The van der Waals surface area contributed by atoms with Crippen molar-refractivity contribution in [3.8, 4) is 0 Å². The molecular weight excluding hydrogens is 286 g/mol. The van der Waals surface area contributed by atoms with Gasteiger partial charge in [0.05, 0.1) is 0 Å². The van der Waals surface area contributed by atoms with Gasteiger partial charge in [0.1, 0.15) is 10.7 Å². The van der Waals surface area contributed by atoms with Crippen molar-refractivity contribution in [1.29, 1.82) is 0 Å². The zero-order valence-electron chi connectivity index (χ0n) is 12.2. The Morgan fingerprint density at radius 2 is 1.86 bits per heavy atom. The van der Waals surface area contributed by atoms with E-state index in [0.717, 1.165) is 5.56 Å². The van der Waals surface area contributed by atoms with E-state index in [1.807, 2.05) is 37.3 Å². The molecule has 0 fully saturated rings. The molecule has 2 aromatic rings. The maximum Gasteiger partial charge on any atom is 0.244 e. The number of sulfonamides is 1. The van der Waals surface area contributed by atoms with E-state index in [-0.39, 0.29) is 4.90 Å². The van der Waals surface area contributed by atoms with E-state index in [0.29, 0.717) is 18.9 Å². The summed E-state index contributed by atoms with van der Waals surface area (Å²) in [5.74, 6) is 0.639. The van der Waals surface area contributed by atoms with Crippen molar-refractivity contribution in [2.45, 2.75) is 18.4 Å². The van der Waals surface area contributed by atoms with Gasteiger partial charge in [0.25, 0.3) is 0 Å². The molecule has 112 valence electrons. The number of pyridine rings is 1. The zero-order valence-corrected chi connectivity index (χ0v) is 13.0. The molecule has 0 aliphatic heterocycles. The minimum Gasteiger partial charge on any atom is -0.373 e. The summed E-state index contributed by atoms with van der Waals surface area (Å²) in [5.41, 5.74) is 0.961. The first-order valence-corrected chi connectivity index (χ1v) is 8.20. The molecule has 0 atom stereocenters. The number of nitrogens with one attached hydrogen (secondary N) is 1. The Balaban J connectivity index is 2.26. The van der Waals surface area contributed by atoms with Gasteiger partial charge in [0.15, 0.2) is 0 Å². The fourth-order valence-electron chi connectivity index (χ4n) is 1.98. The Labute approximate surface area is 125 Å². The van der Waals surface area contributed by atoms with Crippen LogP contribution in [0, 0.1) is 0 Å². The molecule has 0 unspecified atom stereocenters. The second kappa shape index (κ2) is 6.69. The first-order valence-electron chi connectivity index (χ1n) is 6.75. The van der Waals surface area contributed by atoms with Crippen LogP contribution in [-0.4, -0.2) is 31.3 Å². The summed E-state index contributed by atoms with van der Waals surface area (Å²) in [4.78, 5) is 4.28. The fourth-order valence-corrected chi connectivity index (χ4v) is 3.37. The molecule has 0 amide bonds. The number of nitrogens with zero attached hydrogens (tertiary/aromatic N) is 2. The topological polar surface area (TPSA) is 62.3 Å². The van der Waals surface area contributed by atoms with Gasteiger partial charge in [0, 0.05) is 26.3 Å². The Bertz CT molecular complexity index is 670. The molecule has 0 bridgehead atoms. The quantitative estimate of drug-likeness (QED) is 0.890. The van der Waals surface area contributed by atoms with Crippen molar-refractivity contribution in [2.24, 2.45) is 0 Å². The van der Waals surface area contributed by atoms with Crippen LogP contribution in [-0.2, 0) is 16.6 Å². The predicted molar refractivity (Wildman–Crippen MR) is 83.5 cm³/mol. The van der Waals surface area contributed by atoms with Crippen LogP contribution in [0.4, 0.5) is 5.82 Å². The van der Waals surface area contributed by atoms with Gasteiger partial charge < -0.3 is 5.32 Å². The smallest absolute Gasteiger partial charge is 0.244 e. The van der Waals surface area contributed by atoms with E-state index in [1.54, 1.807) is 19.2 Å². The van der Waals surface area contributed by atoms with E-state index in [4.69, 9.17) is 0 Å². The minimum absolute atomic E-state index is 0.208. The van der Waals surface area contributed by atoms with Gasteiger partial charge >= 0.3 is 0 Å². The van der Waals surface area contributed by atoms with Crippen LogP contribution in [0.3, 0.4) is 0 Å². The summed E-state index contributed by atoms with van der Waals surface area (Å²) in [6.45, 7) is 2.59. The van der Waals surface area contributed by atoms with Crippen LogP contribution in [0.25, 0.3) is 0 Å². The molecule has 0 radical (unpaired) electrons. The van der Waals surface area contributed by atoms with Gasteiger partial charge in [-0.25, -0.2) is 13.4 Å². The third-order valence-corrected chi connectivity index (χ3v) is 5.09. The van der Waals surface area contributed by atoms with Gasteiger partial charge in [-0.3, -0.25) is 0 Å². The molecule has 1 heterocycles. The number of benzene rings is 1. The van der Waals surface area contributed by atoms with Crippen LogP contribution in [0.1, 0.15) is 12.5 Å². The highest BCUT2D eigenvalue weighted by molar-refractivity contribution is 7.89. The summed E-state index contributed by atoms with van der Waals surface area (Å²) < 4.78 is 26.7. The molecular formula is C15H19N3O2S. The molecule has 1 N–H and O–H groups in total. The van der Waals surface area contributed by atoms with Crippen LogP contribution >= 0.6 is 0 Å². The summed E-state index contributed by atoms with van der Waals surface area (Å²) >= 11 is 0. The fraction of sp³-hybridized carbons (Fsp3) is 0.267. The van der Waals surface area contributed by atoms with Gasteiger partial charge in [0.2, 0.25) is 10.0 Å². The number of hydrogen-bond donors (Lipinski definition) is 1. The lowest BCUT2D eigenvalue weighted by atomic mass is 10.2. The van der Waals surface area contributed by atoms with Crippen LogP contribution in [0.2, 0.25) is 0 Å². The molecule has 0 aliphatic carbocycles. The SMILES string of the molecule is CCN(Cc1ccccc1)S(=O)(=O)c1ccc(NC)nc1. The third-order valence-electron chi connectivity index (χ3n) is 3.18. The van der Waals surface area contributed by atoms with Crippen molar-refractivity contribution in [3.05, 3.63) is 54.2 Å². The monoisotopic (exact) mass is 305 g/mol. The molecule has 0 spiro atoms. The van der Waals surface area contributed by atoms with E-state index in [1.165, 1.54) is 10.5 Å². The van der Waals surface area contributed by atoms with Crippen molar-refractivity contribution >= 4 is 15.8 Å². The van der Waals surface area contributed by atoms with E-state index < -0.39 is 10.0 Å². The van der Waals surface area contributed by atoms with Crippen LogP contribution in [0.15, 0.2) is 53.6 Å². The van der Waals surface area contributed by atoms with E-state index in [9.17, 15) is 8.42 Å². The normalized spacial score (nSPS) is 11.6. The molecule has 6 heteroatoms. The van der Waals surface area contributed by atoms with Crippen LogP contribution < -0.4 is 5.32 Å². The van der Waals surface area contributed by atoms with Crippen LogP contribution in [0.5, 0.6) is 0 Å². The molecule has 5 nitrogen and oxygen atoms in total. The lowest BCUT2D eigenvalue weighted by Gasteiger charge is -2.20.